The predicted molar refractivity (Wildman–Crippen MR) is 106 cm³/mol. The minimum Gasteiger partial charge on any atom is -0.493 e. The Morgan fingerprint density at radius 1 is 1.10 bits per heavy atom. The highest BCUT2D eigenvalue weighted by Crippen LogP contribution is 2.42. The van der Waals surface area contributed by atoms with Crippen LogP contribution in [0.3, 0.4) is 0 Å². The molecule has 0 fully saturated rings. The maximum atomic E-state index is 12.5. The van der Waals surface area contributed by atoms with Crippen LogP contribution < -0.4 is 24.3 Å². The lowest BCUT2D eigenvalue weighted by atomic mass is 9.95. The lowest BCUT2D eigenvalue weighted by Gasteiger charge is -2.25. The highest BCUT2D eigenvalue weighted by molar-refractivity contribution is 5.79. The number of aryl methyl sites for hydroxylation is 1. The lowest BCUT2D eigenvalue weighted by Crippen LogP contribution is -2.39. The van der Waals surface area contributed by atoms with E-state index in [4.69, 9.17) is 18.9 Å². The van der Waals surface area contributed by atoms with Crippen LogP contribution in [0.25, 0.3) is 0 Å². The van der Waals surface area contributed by atoms with Crippen molar-refractivity contribution in [3.8, 4) is 23.0 Å². The first-order valence-corrected chi connectivity index (χ1v) is 9.65. The highest BCUT2D eigenvalue weighted by atomic mass is 16.6. The van der Waals surface area contributed by atoms with E-state index in [0.29, 0.717) is 49.1 Å². The predicted octanol–water partition coefficient (Wildman–Crippen LogP) is 1.97. The molecule has 0 bridgehead atoms. The number of benzene rings is 2. The Kier molecular flexibility index (Phi) is 5.24. The molecular formula is C22H25NO6. The van der Waals surface area contributed by atoms with Crippen LogP contribution in [-0.2, 0) is 23.2 Å². The van der Waals surface area contributed by atoms with Gasteiger partial charge < -0.3 is 29.4 Å². The summed E-state index contributed by atoms with van der Waals surface area (Å²) >= 11 is 0. The maximum absolute atomic E-state index is 12.5. The van der Waals surface area contributed by atoms with Crippen LogP contribution in [0.5, 0.6) is 23.0 Å². The van der Waals surface area contributed by atoms with Crippen LogP contribution in [0.15, 0.2) is 30.3 Å². The van der Waals surface area contributed by atoms with E-state index in [1.807, 2.05) is 24.3 Å². The van der Waals surface area contributed by atoms with E-state index < -0.39 is 5.60 Å². The third-order valence-corrected chi connectivity index (χ3v) is 5.47. The summed E-state index contributed by atoms with van der Waals surface area (Å²) in [7, 11) is 3.15. The van der Waals surface area contributed by atoms with Crippen LogP contribution in [0.1, 0.15) is 23.1 Å². The van der Waals surface area contributed by atoms with Gasteiger partial charge >= 0.3 is 0 Å². The van der Waals surface area contributed by atoms with Crippen LogP contribution >= 0.6 is 0 Å². The molecule has 0 spiro atoms. The molecule has 0 saturated heterocycles. The second-order valence-electron chi connectivity index (χ2n) is 7.33. The molecule has 7 nitrogen and oxygen atoms in total. The van der Waals surface area contributed by atoms with Crippen LogP contribution in [-0.4, -0.2) is 45.0 Å². The molecule has 1 aliphatic carbocycles. The normalized spacial score (nSPS) is 19.4. The summed E-state index contributed by atoms with van der Waals surface area (Å²) < 4.78 is 21.8. The molecule has 1 atom stereocenters. The van der Waals surface area contributed by atoms with Crippen molar-refractivity contribution in [2.24, 2.45) is 0 Å². The third-order valence-electron chi connectivity index (χ3n) is 5.47. The van der Waals surface area contributed by atoms with Gasteiger partial charge in [0.05, 0.1) is 27.2 Å². The lowest BCUT2D eigenvalue weighted by molar-refractivity contribution is -0.121. The number of fused-ring (bicyclic) bond motifs is 2. The molecule has 4 rings (SSSR count). The van der Waals surface area contributed by atoms with Crippen molar-refractivity contribution in [1.29, 1.82) is 0 Å². The quantitative estimate of drug-likeness (QED) is 0.773. The Morgan fingerprint density at radius 3 is 2.59 bits per heavy atom. The highest BCUT2D eigenvalue weighted by Gasteiger charge is 2.38. The Labute approximate surface area is 169 Å². The third kappa shape index (κ3) is 3.82. The molecular weight excluding hydrogens is 374 g/mol. The van der Waals surface area contributed by atoms with E-state index in [9.17, 15) is 9.90 Å². The van der Waals surface area contributed by atoms with Crippen LogP contribution in [0.2, 0.25) is 0 Å². The van der Waals surface area contributed by atoms with Crippen LogP contribution in [0, 0.1) is 0 Å². The molecule has 1 unspecified atom stereocenters. The van der Waals surface area contributed by atoms with Gasteiger partial charge in [-0.25, -0.2) is 0 Å². The fourth-order valence-electron chi connectivity index (χ4n) is 3.91. The van der Waals surface area contributed by atoms with E-state index in [2.05, 4.69) is 5.32 Å². The first kappa shape index (κ1) is 19.4. The summed E-state index contributed by atoms with van der Waals surface area (Å²) in [5.74, 6) is 2.39. The molecule has 2 aliphatic rings. The number of aliphatic hydroxyl groups is 1. The zero-order valence-corrected chi connectivity index (χ0v) is 16.6. The summed E-state index contributed by atoms with van der Waals surface area (Å²) in [5.41, 5.74) is 1.48. The molecule has 1 heterocycles. The van der Waals surface area contributed by atoms with Crippen molar-refractivity contribution in [2.45, 2.75) is 24.9 Å². The molecule has 7 heteroatoms. The number of hydrogen-bond acceptors (Lipinski definition) is 6. The second kappa shape index (κ2) is 7.83. The molecule has 154 valence electrons. The van der Waals surface area contributed by atoms with Crippen molar-refractivity contribution in [3.63, 3.8) is 0 Å². The molecule has 1 amide bonds. The molecule has 2 aromatic carbocycles. The van der Waals surface area contributed by atoms with Gasteiger partial charge in [-0.2, -0.15) is 0 Å². The summed E-state index contributed by atoms with van der Waals surface area (Å²) in [5, 5.41) is 14.0. The van der Waals surface area contributed by atoms with Crippen molar-refractivity contribution in [2.75, 3.05) is 34.0 Å². The van der Waals surface area contributed by atoms with E-state index >= 15 is 0 Å². The molecule has 29 heavy (non-hydrogen) atoms. The number of carbonyl (C=O) groups is 1. The van der Waals surface area contributed by atoms with Gasteiger partial charge in [0.1, 0.15) is 18.8 Å². The van der Waals surface area contributed by atoms with Gasteiger partial charge in [-0.15, -0.1) is 0 Å². The standard InChI is InChI=1S/C22H25NO6/c1-26-18-11-15-5-6-22(25,16(15)12-19(18)27-2)13-23-21(24)10-14-3-4-17-20(9-14)29-8-7-28-17/h3-4,9,11-12,25H,5-8,10,13H2,1-2H3,(H,23,24). The number of ether oxygens (including phenoxy) is 4. The number of methoxy groups -OCH3 is 2. The van der Waals surface area contributed by atoms with Gasteiger partial charge in [-0.3, -0.25) is 4.79 Å². The molecule has 0 aromatic heterocycles. The van der Waals surface area contributed by atoms with Crippen molar-refractivity contribution < 1.29 is 28.8 Å². The van der Waals surface area contributed by atoms with E-state index in [1.165, 1.54) is 0 Å². The van der Waals surface area contributed by atoms with E-state index in [-0.39, 0.29) is 18.9 Å². The van der Waals surface area contributed by atoms with Gasteiger partial charge in [0, 0.05) is 0 Å². The average molecular weight is 399 g/mol. The number of nitrogens with one attached hydrogen (secondary N) is 1. The molecule has 2 N–H and O–H groups in total. The topological polar surface area (TPSA) is 86.2 Å². The average Bonchev–Trinajstić information content (AvgIpc) is 3.07. The fraction of sp³-hybridized carbons (Fsp3) is 0.409. The Bertz CT molecular complexity index is 928. The van der Waals surface area contributed by atoms with Crippen molar-refractivity contribution in [3.05, 3.63) is 47.0 Å². The first-order chi connectivity index (χ1) is 14.0. The van der Waals surface area contributed by atoms with E-state index in [1.54, 1.807) is 20.3 Å². The van der Waals surface area contributed by atoms with Crippen molar-refractivity contribution in [1.82, 2.24) is 5.32 Å². The summed E-state index contributed by atoms with van der Waals surface area (Å²) in [4.78, 5) is 12.5. The maximum Gasteiger partial charge on any atom is 0.224 e. The molecule has 0 radical (unpaired) electrons. The minimum atomic E-state index is -1.13. The number of rotatable bonds is 6. The zero-order chi connectivity index (χ0) is 20.4. The van der Waals surface area contributed by atoms with Gasteiger partial charge in [0.2, 0.25) is 5.91 Å². The van der Waals surface area contributed by atoms with Gasteiger partial charge in [-0.1, -0.05) is 6.07 Å². The molecule has 0 saturated carbocycles. The van der Waals surface area contributed by atoms with E-state index in [0.717, 1.165) is 16.7 Å². The Hall–Kier alpha value is -2.93. The van der Waals surface area contributed by atoms with Crippen LogP contribution in [0.4, 0.5) is 0 Å². The molecule has 1 aliphatic heterocycles. The monoisotopic (exact) mass is 399 g/mol. The smallest absolute Gasteiger partial charge is 0.224 e. The van der Waals surface area contributed by atoms with Crippen molar-refractivity contribution >= 4 is 5.91 Å². The summed E-state index contributed by atoms with van der Waals surface area (Å²) in [6.07, 6.45) is 1.44. The first-order valence-electron chi connectivity index (χ1n) is 9.65. The summed E-state index contributed by atoms with van der Waals surface area (Å²) in [6.45, 7) is 1.17. The van der Waals surface area contributed by atoms with Gasteiger partial charge in [0.25, 0.3) is 0 Å². The van der Waals surface area contributed by atoms with Gasteiger partial charge in [0.15, 0.2) is 23.0 Å². The minimum absolute atomic E-state index is 0.138. The zero-order valence-electron chi connectivity index (χ0n) is 16.6. The second-order valence-corrected chi connectivity index (χ2v) is 7.33. The Morgan fingerprint density at radius 2 is 1.83 bits per heavy atom. The summed E-state index contributed by atoms with van der Waals surface area (Å²) in [6, 6.07) is 9.18. The molecule has 2 aromatic rings. The SMILES string of the molecule is COc1cc2c(cc1OC)C(O)(CNC(=O)Cc1ccc3c(c1)OCCO3)CC2. The fourth-order valence-corrected chi connectivity index (χ4v) is 3.91. The Balaban J connectivity index is 1.42. The number of carbonyl (C=O) groups excluding carboxylic acids is 1. The number of hydrogen-bond donors (Lipinski definition) is 2. The number of amides is 1. The largest absolute Gasteiger partial charge is 0.493 e. The van der Waals surface area contributed by atoms with Gasteiger partial charge in [-0.05, 0) is 53.8 Å².